The van der Waals surface area contributed by atoms with Crippen LogP contribution < -0.4 is 5.32 Å². The maximum atomic E-state index is 11.8. The van der Waals surface area contributed by atoms with Crippen molar-refractivity contribution in [1.82, 2.24) is 4.98 Å². The highest BCUT2D eigenvalue weighted by molar-refractivity contribution is 6.02. The summed E-state index contributed by atoms with van der Waals surface area (Å²) >= 11 is 0. The molecule has 5 heteroatoms. The Morgan fingerprint density at radius 1 is 1.47 bits per heavy atom. The summed E-state index contributed by atoms with van der Waals surface area (Å²) in [6, 6.07) is 5.00. The molecular weight excluding hydrogens is 220 g/mol. The Morgan fingerprint density at radius 2 is 2.29 bits per heavy atom. The minimum atomic E-state index is -0.0581. The molecule has 2 aromatic rings. The first-order valence-corrected chi connectivity index (χ1v) is 5.43. The molecule has 0 atom stereocenters. The molecule has 1 saturated heterocycles. The molecule has 3 rings (SSSR count). The van der Waals surface area contributed by atoms with Gasteiger partial charge in [-0.25, -0.2) is 0 Å². The van der Waals surface area contributed by atoms with Gasteiger partial charge in [-0.15, -0.1) is 0 Å². The summed E-state index contributed by atoms with van der Waals surface area (Å²) in [4.78, 5) is 14.8. The molecule has 5 nitrogen and oxygen atoms in total. The predicted octanol–water partition coefficient (Wildman–Crippen LogP) is 1.46. The number of phenols is 1. The van der Waals surface area contributed by atoms with Gasteiger partial charge in [-0.3, -0.25) is 4.79 Å². The van der Waals surface area contributed by atoms with Crippen LogP contribution in [0.5, 0.6) is 5.75 Å². The largest absolute Gasteiger partial charge is 0.508 e. The number of fused-ring (bicyclic) bond motifs is 1. The Labute approximate surface area is 97.4 Å². The summed E-state index contributed by atoms with van der Waals surface area (Å²) in [5.41, 5.74) is 1.57. The van der Waals surface area contributed by atoms with E-state index in [1.807, 2.05) is 0 Å². The number of hydrogen-bond acceptors (Lipinski definition) is 3. The van der Waals surface area contributed by atoms with Gasteiger partial charge in [-0.05, 0) is 18.2 Å². The lowest BCUT2D eigenvalue weighted by Crippen LogP contribution is -2.38. The van der Waals surface area contributed by atoms with Crippen LogP contribution >= 0.6 is 0 Å². The Kier molecular flexibility index (Phi) is 2.26. The van der Waals surface area contributed by atoms with Crippen LogP contribution in [0.25, 0.3) is 10.9 Å². The second kappa shape index (κ2) is 3.78. The summed E-state index contributed by atoms with van der Waals surface area (Å²) < 4.78 is 4.97. The van der Waals surface area contributed by atoms with Crippen LogP contribution in [-0.2, 0) is 9.53 Å². The van der Waals surface area contributed by atoms with Crippen LogP contribution in [0.4, 0.5) is 5.69 Å². The van der Waals surface area contributed by atoms with Gasteiger partial charge in [0.05, 0.1) is 24.8 Å². The summed E-state index contributed by atoms with van der Waals surface area (Å²) in [6.07, 6.45) is 1.72. The smallest absolute Gasteiger partial charge is 0.232 e. The molecule has 0 bridgehead atoms. The Bertz CT molecular complexity index is 572. The molecule has 0 radical (unpaired) electrons. The molecule has 2 heterocycles. The predicted molar refractivity (Wildman–Crippen MR) is 62.9 cm³/mol. The Morgan fingerprint density at radius 3 is 3.00 bits per heavy atom. The number of amides is 1. The minimum absolute atomic E-state index is 0.0412. The van der Waals surface area contributed by atoms with E-state index in [1.165, 1.54) is 0 Å². The number of aromatic hydroxyl groups is 1. The molecule has 1 amide bonds. The fraction of sp³-hybridized carbons (Fsp3) is 0.250. The highest BCUT2D eigenvalue weighted by Crippen LogP contribution is 2.27. The van der Waals surface area contributed by atoms with Gasteiger partial charge < -0.3 is 20.1 Å². The summed E-state index contributed by atoms with van der Waals surface area (Å²) in [6.45, 7) is 0.971. The highest BCUT2D eigenvalue weighted by atomic mass is 16.5. The van der Waals surface area contributed by atoms with Crippen LogP contribution in [0, 0.1) is 5.92 Å². The van der Waals surface area contributed by atoms with Crippen LogP contribution in [0.1, 0.15) is 0 Å². The van der Waals surface area contributed by atoms with Crippen LogP contribution in [0.2, 0.25) is 0 Å². The van der Waals surface area contributed by atoms with Gasteiger partial charge >= 0.3 is 0 Å². The van der Waals surface area contributed by atoms with Crippen molar-refractivity contribution in [1.29, 1.82) is 0 Å². The van der Waals surface area contributed by atoms with Crippen molar-refractivity contribution in [2.45, 2.75) is 0 Å². The average molecular weight is 232 g/mol. The fourth-order valence-corrected chi connectivity index (χ4v) is 1.83. The molecule has 1 aromatic heterocycles. The van der Waals surface area contributed by atoms with E-state index in [0.29, 0.717) is 18.9 Å². The average Bonchev–Trinajstić information content (AvgIpc) is 2.58. The summed E-state index contributed by atoms with van der Waals surface area (Å²) in [7, 11) is 0. The zero-order valence-corrected chi connectivity index (χ0v) is 9.06. The first kappa shape index (κ1) is 10.2. The molecule has 3 N–H and O–H groups in total. The first-order valence-electron chi connectivity index (χ1n) is 5.43. The van der Waals surface area contributed by atoms with Crippen molar-refractivity contribution >= 4 is 22.5 Å². The fourth-order valence-electron chi connectivity index (χ4n) is 1.83. The van der Waals surface area contributed by atoms with Crippen LogP contribution in [0.15, 0.2) is 24.4 Å². The van der Waals surface area contributed by atoms with E-state index in [0.717, 1.165) is 10.9 Å². The molecular formula is C12H12N2O3. The van der Waals surface area contributed by atoms with Crippen molar-refractivity contribution in [3.8, 4) is 5.75 Å². The van der Waals surface area contributed by atoms with E-state index < -0.39 is 0 Å². The van der Waals surface area contributed by atoms with Gasteiger partial charge in [-0.2, -0.15) is 0 Å². The van der Waals surface area contributed by atoms with E-state index in [4.69, 9.17) is 4.74 Å². The van der Waals surface area contributed by atoms with Crippen molar-refractivity contribution in [2.75, 3.05) is 18.5 Å². The number of carbonyl (C=O) groups excluding carboxylic acids is 1. The highest BCUT2D eigenvalue weighted by Gasteiger charge is 2.26. The van der Waals surface area contributed by atoms with Gasteiger partial charge in [-0.1, -0.05) is 0 Å². The topological polar surface area (TPSA) is 74.4 Å². The summed E-state index contributed by atoms with van der Waals surface area (Å²) in [5, 5.41) is 13.1. The second-order valence-electron chi connectivity index (χ2n) is 4.16. The maximum absolute atomic E-state index is 11.8. The van der Waals surface area contributed by atoms with Crippen molar-refractivity contribution in [3.63, 3.8) is 0 Å². The molecule has 1 aromatic carbocycles. The van der Waals surface area contributed by atoms with E-state index >= 15 is 0 Å². The maximum Gasteiger partial charge on any atom is 0.232 e. The number of aromatic amines is 1. The first-order chi connectivity index (χ1) is 8.24. The van der Waals surface area contributed by atoms with Gasteiger partial charge in [0.25, 0.3) is 0 Å². The van der Waals surface area contributed by atoms with Crippen molar-refractivity contribution in [3.05, 3.63) is 24.4 Å². The third-order valence-corrected chi connectivity index (χ3v) is 2.93. The number of carbonyl (C=O) groups is 1. The number of hydrogen-bond donors (Lipinski definition) is 3. The molecule has 17 heavy (non-hydrogen) atoms. The molecule has 1 aliphatic rings. The normalized spacial score (nSPS) is 15.8. The number of ether oxygens (including phenoxy) is 1. The summed E-state index contributed by atoms with van der Waals surface area (Å²) in [5.74, 6) is 0.0809. The van der Waals surface area contributed by atoms with E-state index in [-0.39, 0.29) is 17.6 Å². The van der Waals surface area contributed by atoms with E-state index in [2.05, 4.69) is 10.3 Å². The molecule has 0 unspecified atom stereocenters. The Hall–Kier alpha value is -2.01. The van der Waals surface area contributed by atoms with Crippen molar-refractivity contribution < 1.29 is 14.6 Å². The van der Waals surface area contributed by atoms with E-state index in [1.54, 1.807) is 24.4 Å². The molecule has 1 aliphatic heterocycles. The molecule has 0 aliphatic carbocycles. The van der Waals surface area contributed by atoms with Gasteiger partial charge in [0.1, 0.15) is 5.75 Å². The number of aromatic nitrogens is 1. The zero-order valence-electron chi connectivity index (χ0n) is 9.06. The third kappa shape index (κ3) is 1.74. The van der Waals surface area contributed by atoms with E-state index in [9.17, 15) is 9.90 Å². The standard InChI is InChI=1S/C12H12N2O3/c15-8-1-2-10-9(3-8)11(4-13-10)14-12(16)7-5-17-6-7/h1-4,7,13,15H,5-6H2,(H,14,16). The van der Waals surface area contributed by atoms with Gasteiger partial charge in [0.15, 0.2) is 0 Å². The lowest BCUT2D eigenvalue weighted by Gasteiger charge is -2.24. The number of phenolic OH excluding ortho intramolecular Hbond substituents is 1. The van der Waals surface area contributed by atoms with Gasteiger partial charge in [0, 0.05) is 17.1 Å². The van der Waals surface area contributed by atoms with Gasteiger partial charge in [0.2, 0.25) is 5.91 Å². The van der Waals surface area contributed by atoms with Crippen LogP contribution in [0.3, 0.4) is 0 Å². The number of anilines is 1. The Balaban J connectivity index is 1.89. The second-order valence-corrected chi connectivity index (χ2v) is 4.16. The SMILES string of the molecule is O=C(Nc1c[nH]c2ccc(O)cc12)C1COC1. The molecule has 88 valence electrons. The zero-order chi connectivity index (χ0) is 11.8. The lowest BCUT2D eigenvalue weighted by molar-refractivity contribution is -0.133. The molecule has 0 spiro atoms. The quantitative estimate of drug-likeness (QED) is 0.733. The monoisotopic (exact) mass is 232 g/mol. The third-order valence-electron chi connectivity index (χ3n) is 2.93. The lowest BCUT2D eigenvalue weighted by atomic mass is 10.1. The number of H-pyrrole nitrogens is 1. The number of rotatable bonds is 2. The molecule has 1 fully saturated rings. The van der Waals surface area contributed by atoms with Crippen LogP contribution in [-0.4, -0.2) is 29.2 Å². The minimum Gasteiger partial charge on any atom is -0.508 e. The number of benzene rings is 1. The molecule has 0 saturated carbocycles. The van der Waals surface area contributed by atoms with Crippen molar-refractivity contribution in [2.24, 2.45) is 5.92 Å². The number of nitrogens with one attached hydrogen (secondary N) is 2.